The molecule has 3 heteroatoms. The molecule has 2 aromatic heterocycles. The Hall–Kier alpha value is -6.84. The van der Waals surface area contributed by atoms with E-state index in [9.17, 15) is 0 Å². The van der Waals surface area contributed by atoms with Crippen LogP contribution in [0.5, 0.6) is 0 Å². The Morgan fingerprint density at radius 1 is 0.373 bits per heavy atom. The number of rotatable bonds is 6. The van der Waals surface area contributed by atoms with Gasteiger partial charge in [0.15, 0.2) is 0 Å². The summed E-state index contributed by atoms with van der Waals surface area (Å²) in [7, 11) is 0. The van der Waals surface area contributed by atoms with E-state index in [-0.39, 0.29) is 0 Å². The fraction of sp³-hybridized carbons (Fsp3) is 0. The molecule has 1 aliphatic rings. The van der Waals surface area contributed by atoms with E-state index in [1.54, 1.807) is 6.20 Å². The Kier molecular flexibility index (Phi) is 6.81. The van der Waals surface area contributed by atoms with Crippen LogP contribution in [0.15, 0.2) is 188 Å². The second kappa shape index (κ2) is 11.9. The van der Waals surface area contributed by atoms with Crippen LogP contribution in [-0.4, -0.2) is 9.97 Å². The quantitative estimate of drug-likeness (QED) is 0.179. The zero-order valence-corrected chi connectivity index (χ0v) is 27.7. The molecule has 3 nitrogen and oxygen atoms in total. The van der Waals surface area contributed by atoms with Crippen LogP contribution < -0.4 is 4.90 Å². The van der Waals surface area contributed by atoms with Crippen LogP contribution in [0, 0.1) is 0 Å². The molecule has 9 aromatic rings. The molecule has 7 aromatic carbocycles. The largest absolute Gasteiger partial charge is 0.293 e. The van der Waals surface area contributed by atoms with Crippen molar-refractivity contribution in [3.8, 4) is 55.6 Å². The molecule has 0 fully saturated rings. The smallest absolute Gasteiger partial charge is 0.137 e. The van der Waals surface area contributed by atoms with E-state index in [2.05, 4.69) is 155 Å². The summed E-state index contributed by atoms with van der Waals surface area (Å²) in [5.41, 5.74) is 14.5. The van der Waals surface area contributed by atoms with E-state index >= 15 is 0 Å². The highest BCUT2D eigenvalue weighted by Gasteiger charge is 2.31. The van der Waals surface area contributed by atoms with Crippen LogP contribution in [-0.2, 0) is 0 Å². The normalized spacial score (nSPS) is 11.5. The maximum Gasteiger partial charge on any atom is 0.137 e. The molecule has 0 amide bonds. The van der Waals surface area contributed by atoms with Gasteiger partial charge in [0, 0.05) is 18.1 Å². The maximum atomic E-state index is 4.73. The lowest BCUT2D eigenvalue weighted by molar-refractivity contribution is 1.16. The lowest BCUT2D eigenvalue weighted by Gasteiger charge is -2.24. The first-order valence-corrected chi connectivity index (χ1v) is 17.3. The van der Waals surface area contributed by atoms with Crippen LogP contribution in [0.25, 0.3) is 77.2 Å². The number of fused-ring (bicyclic) bond motifs is 4. The number of nitrogens with zero attached hydrogens (tertiary/aromatic N) is 3. The molecule has 0 unspecified atom stereocenters. The standard InChI is InChI=1S/C48H31N3/c1-3-14-32(15-4-1)44-39-21-7-8-22-40(39)45(33-16-5-2-6-17-33)48-42-27-26-37(38-23-12-24-41(46(38)42)47(44)48)34-18-11-19-35(30-34)51(36-20-13-28-49-31-36)43-25-9-10-29-50-43/h1-31H. The molecular formula is C48H31N3. The van der Waals surface area contributed by atoms with Crippen molar-refractivity contribution in [2.75, 3.05) is 4.90 Å². The first-order chi connectivity index (χ1) is 25.3. The molecule has 0 atom stereocenters. The number of hydrogen-bond donors (Lipinski definition) is 0. The van der Waals surface area contributed by atoms with Gasteiger partial charge in [-0.1, -0.05) is 133 Å². The van der Waals surface area contributed by atoms with Gasteiger partial charge in [-0.25, -0.2) is 4.98 Å². The number of hydrogen-bond acceptors (Lipinski definition) is 3. The van der Waals surface area contributed by atoms with Crippen LogP contribution >= 0.6 is 0 Å². The predicted molar refractivity (Wildman–Crippen MR) is 212 cm³/mol. The third kappa shape index (κ3) is 4.67. The van der Waals surface area contributed by atoms with Gasteiger partial charge in [0.25, 0.3) is 0 Å². The van der Waals surface area contributed by atoms with Crippen LogP contribution in [0.3, 0.4) is 0 Å². The van der Waals surface area contributed by atoms with Gasteiger partial charge in [-0.15, -0.1) is 0 Å². The Morgan fingerprint density at radius 3 is 1.63 bits per heavy atom. The number of benzene rings is 7. The average molecular weight is 650 g/mol. The fourth-order valence-corrected chi connectivity index (χ4v) is 8.06. The molecule has 10 rings (SSSR count). The molecule has 51 heavy (non-hydrogen) atoms. The molecule has 0 spiro atoms. The van der Waals surface area contributed by atoms with Gasteiger partial charge >= 0.3 is 0 Å². The summed E-state index contributed by atoms with van der Waals surface area (Å²) >= 11 is 0. The SMILES string of the molecule is c1ccc(-c2c3c(c(-c4ccccc4)c4ccccc24)-c2ccc(-c4cccc(N(c5cccnc5)c5ccccn5)c4)c4cccc-3c24)cc1. The molecule has 1 aliphatic carbocycles. The summed E-state index contributed by atoms with van der Waals surface area (Å²) in [5.74, 6) is 0.840. The van der Waals surface area contributed by atoms with Crippen LogP contribution in [0.2, 0.25) is 0 Å². The molecule has 0 bridgehead atoms. The summed E-state index contributed by atoms with van der Waals surface area (Å²) in [5, 5.41) is 5.08. The first-order valence-electron chi connectivity index (χ1n) is 17.3. The lowest BCUT2D eigenvalue weighted by Crippen LogP contribution is -2.11. The molecule has 2 heterocycles. The highest BCUT2D eigenvalue weighted by atomic mass is 15.2. The molecular weight excluding hydrogens is 619 g/mol. The van der Waals surface area contributed by atoms with Crippen molar-refractivity contribution in [3.63, 3.8) is 0 Å². The van der Waals surface area contributed by atoms with Gasteiger partial charge in [0.05, 0.1) is 11.9 Å². The van der Waals surface area contributed by atoms with Crippen molar-refractivity contribution >= 4 is 38.7 Å². The molecule has 238 valence electrons. The Bertz CT molecular complexity index is 2590. The fourth-order valence-electron chi connectivity index (χ4n) is 8.06. The Morgan fingerprint density at radius 2 is 0.961 bits per heavy atom. The van der Waals surface area contributed by atoms with Gasteiger partial charge in [0.1, 0.15) is 5.82 Å². The van der Waals surface area contributed by atoms with Crippen LogP contribution in [0.4, 0.5) is 17.2 Å². The third-order valence-electron chi connectivity index (χ3n) is 10.1. The molecule has 0 radical (unpaired) electrons. The molecule has 0 N–H and O–H groups in total. The monoisotopic (exact) mass is 649 g/mol. The summed E-state index contributed by atoms with van der Waals surface area (Å²) < 4.78 is 0. The van der Waals surface area contributed by atoms with Crippen molar-refractivity contribution in [1.82, 2.24) is 9.97 Å². The second-order valence-corrected chi connectivity index (χ2v) is 13.0. The minimum absolute atomic E-state index is 0.840. The first kappa shape index (κ1) is 29.1. The summed E-state index contributed by atoms with van der Waals surface area (Å²) in [6.45, 7) is 0. The van der Waals surface area contributed by atoms with Gasteiger partial charge in [0.2, 0.25) is 0 Å². The van der Waals surface area contributed by atoms with Crippen LogP contribution in [0.1, 0.15) is 0 Å². The zero-order chi connectivity index (χ0) is 33.7. The molecule has 0 saturated carbocycles. The zero-order valence-electron chi connectivity index (χ0n) is 27.7. The van der Waals surface area contributed by atoms with Gasteiger partial charge in [-0.05, 0) is 114 Å². The third-order valence-corrected chi connectivity index (χ3v) is 10.1. The van der Waals surface area contributed by atoms with Crippen molar-refractivity contribution in [1.29, 1.82) is 0 Å². The average Bonchev–Trinajstić information content (AvgIpc) is 3.53. The molecule has 0 saturated heterocycles. The predicted octanol–water partition coefficient (Wildman–Crippen LogP) is 12.9. The summed E-state index contributed by atoms with van der Waals surface area (Å²) in [4.78, 5) is 11.3. The minimum atomic E-state index is 0.840. The topological polar surface area (TPSA) is 29.0 Å². The van der Waals surface area contributed by atoms with E-state index in [1.807, 2.05) is 36.7 Å². The maximum absolute atomic E-state index is 4.73. The van der Waals surface area contributed by atoms with E-state index in [1.165, 1.54) is 71.6 Å². The van der Waals surface area contributed by atoms with E-state index in [4.69, 9.17) is 4.98 Å². The van der Waals surface area contributed by atoms with Crippen molar-refractivity contribution < 1.29 is 0 Å². The van der Waals surface area contributed by atoms with E-state index in [0.717, 1.165) is 22.8 Å². The Labute approximate surface area is 296 Å². The molecule has 0 aliphatic heterocycles. The van der Waals surface area contributed by atoms with Gasteiger partial charge in [-0.2, -0.15) is 0 Å². The van der Waals surface area contributed by atoms with Gasteiger partial charge in [-0.3, -0.25) is 9.88 Å². The van der Waals surface area contributed by atoms with E-state index < -0.39 is 0 Å². The minimum Gasteiger partial charge on any atom is -0.293 e. The number of pyridine rings is 2. The highest BCUT2D eigenvalue weighted by Crippen LogP contribution is 2.58. The van der Waals surface area contributed by atoms with E-state index in [0.29, 0.717) is 0 Å². The van der Waals surface area contributed by atoms with Crippen molar-refractivity contribution in [3.05, 3.63) is 188 Å². The van der Waals surface area contributed by atoms with Crippen molar-refractivity contribution in [2.24, 2.45) is 0 Å². The van der Waals surface area contributed by atoms with Crippen molar-refractivity contribution in [2.45, 2.75) is 0 Å². The summed E-state index contributed by atoms with van der Waals surface area (Å²) in [6.07, 6.45) is 5.52. The number of anilines is 3. The number of aromatic nitrogens is 2. The highest BCUT2D eigenvalue weighted by molar-refractivity contribution is 6.28. The van der Waals surface area contributed by atoms with Gasteiger partial charge < -0.3 is 0 Å². The Balaban J connectivity index is 1.24. The lowest BCUT2D eigenvalue weighted by atomic mass is 9.82. The second-order valence-electron chi connectivity index (χ2n) is 13.0. The summed E-state index contributed by atoms with van der Waals surface area (Å²) in [6, 6.07) is 61.0.